The number of amides is 1. The van der Waals surface area contributed by atoms with Gasteiger partial charge in [0.2, 0.25) is 5.91 Å². The molecular formula is C26H27N3OS2. The number of hydrogen-bond donors (Lipinski definition) is 1. The minimum atomic E-state index is 0.0253. The fourth-order valence-electron chi connectivity index (χ4n) is 4.34. The molecule has 1 aliphatic heterocycles. The number of anilines is 1. The Hall–Kier alpha value is -2.54. The third-order valence-corrected chi connectivity index (χ3v) is 8.21. The van der Waals surface area contributed by atoms with Crippen LogP contribution in [0.4, 0.5) is 5.00 Å². The molecule has 3 heterocycles. The van der Waals surface area contributed by atoms with Gasteiger partial charge >= 0.3 is 0 Å². The zero-order chi connectivity index (χ0) is 22.2. The van der Waals surface area contributed by atoms with Crippen LogP contribution in [0, 0.1) is 6.92 Å². The van der Waals surface area contributed by atoms with Gasteiger partial charge in [0.1, 0.15) is 10.0 Å². The standard InChI is InChI=1S/C26H27N3OS2/c1-16(2)29-12-11-19-22(15-29)32-26(28-23(30)14-18-8-6-7-17(3)13-18)24(19)25-27-20-9-4-5-10-21(20)31-25/h4-10,13,16H,11-12,14-15H2,1-3H3,(H,28,30). The van der Waals surface area contributed by atoms with Gasteiger partial charge in [-0.05, 0) is 50.5 Å². The number of carbonyl (C=O) groups excluding carboxylic acids is 1. The van der Waals surface area contributed by atoms with Crippen LogP contribution >= 0.6 is 22.7 Å². The number of carbonyl (C=O) groups is 1. The molecule has 0 spiro atoms. The van der Waals surface area contributed by atoms with Crippen LogP contribution in [0.25, 0.3) is 20.8 Å². The maximum Gasteiger partial charge on any atom is 0.229 e. The number of thiophene rings is 1. The first-order valence-corrected chi connectivity index (χ1v) is 12.7. The van der Waals surface area contributed by atoms with E-state index in [1.807, 2.05) is 18.2 Å². The molecule has 2 aromatic heterocycles. The molecular weight excluding hydrogens is 434 g/mol. The average Bonchev–Trinajstić information content (AvgIpc) is 3.33. The Morgan fingerprint density at radius 2 is 2.00 bits per heavy atom. The Balaban J connectivity index is 1.51. The number of para-hydroxylation sites is 1. The zero-order valence-corrected chi connectivity index (χ0v) is 20.3. The smallest absolute Gasteiger partial charge is 0.229 e. The Morgan fingerprint density at radius 3 is 2.78 bits per heavy atom. The van der Waals surface area contributed by atoms with E-state index in [0.717, 1.165) is 46.2 Å². The minimum Gasteiger partial charge on any atom is -0.317 e. The van der Waals surface area contributed by atoms with Crippen molar-refractivity contribution in [2.75, 3.05) is 11.9 Å². The molecule has 2 aromatic carbocycles. The summed E-state index contributed by atoms with van der Waals surface area (Å²) in [6.07, 6.45) is 1.37. The number of thiazole rings is 1. The van der Waals surface area contributed by atoms with E-state index >= 15 is 0 Å². The molecule has 1 aliphatic rings. The average molecular weight is 462 g/mol. The summed E-state index contributed by atoms with van der Waals surface area (Å²) in [6, 6.07) is 16.9. The van der Waals surface area contributed by atoms with Crippen molar-refractivity contribution in [1.29, 1.82) is 0 Å². The zero-order valence-electron chi connectivity index (χ0n) is 18.6. The number of nitrogens with zero attached hydrogens (tertiary/aromatic N) is 2. The van der Waals surface area contributed by atoms with Gasteiger partial charge in [0, 0.05) is 29.6 Å². The largest absolute Gasteiger partial charge is 0.317 e. The number of hydrogen-bond acceptors (Lipinski definition) is 5. The third-order valence-electron chi connectivity index (χ3n) is 6.02. The highest BCUT2D eigenvalue weighted by molar-refractivity contribution is 7.22. The molecule has 0 aliphatic carbocycles. The van der Waals surface area contributed by atoms with E-state index in [9.17, 15) is 4.79 Å². The van der Waals surface area contributed by atoms with Crippen molar-refractivity contribution < 1.29 is 4.79 Å². The molecule has 4 aromatic rings. The monoisotopic (exact) mass is 461 g/mol. The lowest BCUT2D eigenvalue weighted by Crippen LogP contribution is -2.35. The molecule has 164 valence electrons. The highest BCUT2D eigenvalue weighted by Gasteiger charge is 2.28. The molecule has 0 unspecified atom stereocenters. The summed E-state index contributed by atoms with van der Waals surface area (Å²) in [6.45, 7) is 8.52. The second-order valence-corrected chi connectivity index (χ2v) is 10.9. The third kappa shape index (κ3) is 4.22. The van der Waals surface area contributed by atoms with Crippen LogP contribution in [0.2, 0.25) is 0 Å². The van der Waals surface area contributed by atoms with Gasteiger partial charge in [0.15, 0.2) is 0 Å². The van der Waals surface area contributed by atoms with Crippen LogP contribution in [-0.4, -0.2) is 28.4 Å². The van der Waals surface area contributed by atoms with Crippen molar-refractivity contribution >= 4 is 43.8 Å². The van der Waals surface area contributed by atoms with Gasteiger partial charge in [-0.1, -0.05) is 42.0 Å². The van der Waals surface area contributed by atoms with Crippen molar-refractivity contribution in [3.63, 3.8) is 0 Å². The molecule has 0 saturated carbocycles. The van der Waals surface area contributed by atoms with E-state index < -0.39 is 0 Å². The van der Waals surface area contributed by atoms with E-state index in [1.165, 1.54) is 20.7 Å². The van der Waals surface area contributed by atoms with E-state index in [-0.39, 0.29) is 5.91 Å². The number of rotatable bonds is 5. The lowest BCUT2D eigenvalue weighted by molar-refractivity contribution is -0.115. The Labute approximate surface area is 196 Å². The predicted molar refractivity (Wildman–Crippen MR) is 136 cm³/mol. The molecule has 32 heavy (non-hydrogen) atoms. The van der Waals surface area contributed by atoms with Crippen molar-refractivity contribution in [3.8, 4) is 10.6 Å². The molecule has 1 N–H and O–H groups in total. The van der Waals surface area contributed by atoms with Crippen LogP contribution in [0.5, 0.6) is 0 Å². The van der Waals surface area contributed by atoms with E-state index in [0.29, 0.717) is 12.5 Å². The van der Waals surface area contributed by atoms with Crippen molar-refractivity contribution in [1.82, 2.24) is 9.88 Å². The number of fused-ring (bicyclic) bond motifs is 2. The first kappa shape index (κ1) is 21.3. The molecule has 0 radical (unpaired) electrons. The normalized spacial score (nSPS) is 14.1. The molecule has 1 amide bonds. The first-order valence-electron chi connectivity index (χ1n) is 11.1. The SMILES string of the molecule is Cc1cccc(CC(=O)Nc2sc3c(c2-c2nc4ccccc4s2)CCN(C(C)C)C3)c1. The molecule has 4 nitrogen and oxygen atoms in total. The molecule has 6 heteroatoms. The van der Waals surface area contributed by atoms with Gasteiger partial charge in [0.25, 0.3) is 0 Å². The number of aryl methyl sites for hydroxylation is 1. The van der Waals surface area contributed by atoms with Crippen LogP contribution in [0.15, 0.2) is 48.5 Å². The Kier molecular flexibility index (Phi) is 5.84. The van der Waals surface area contributed by atoms with Gasteiger partial charge in [0.05, 0.1) is 16.6 Å². The van der Waals surface area contributed by atoms with E-state index in [1.54, 1.807) is 22.7 Å². The van der Waals surface area contributed by atoms with Crippen LogP contribution < -0.4 is 5.32 Å². The molecule has 0 saturated heterocycles. The first-order chi connectivity index (χ1) is 15.5. The van der Waals surface area contributed by atoms with Gasteiger partial charge < -0.3 is 5.32 Å². The van der Waals surface area contributed by atoms with E-state index in [2.05, 4.69) is 61.3 Å². The molecule has 5 rings (SSSR count). The van der Waals surface area contributed by atoms with Crippen molar-refractivity contribution in [3.05, 3.63) is 70.1 Å². The number of benzene rings is 2. The van der Waals surface area contributed by atoms with Crippen molar-refractivity contribution in [2.45, 2.75) is 46.2 Å². The quantitative estimate of drug-likeness (QED) is 0.380. The van der Waals surface area contributed by atoms with Gasteiger partial charge in [-0.25, -0.2) is 4.98 Å². The predicted octanol–water partition coefficient (Wildman–Crippen LogP) is 6.28. The van der Waals surface area contributed by atoms with Crippen LogP contribution in [-0.2, 0) is 24.2 Å². The second-order valence-electron chi connectivity index (χ2n) is 8.72. The summed E-state index contributed by atoms with van der Waals surface area (Å²) in [5.74, 6) is 0.0253. The van der Waals surface area contributed by atoms with Gasteiger partial charge in [-0.2, -0.15) is 0 Å². The fraction of sp³-hybridized carbons (Fsp3) is 0.308. The number of nitrogens with one attached hydrogen (secondary N) is 1. The van der Waals surface area contributed by atoms with Gasteiger partial charge in [-0.3, -0.25) is 9.69 Å². The lowest BCUT2D eigenvalue weighted by Gasteiger charge is -2.30. The lowest BCUT2D eigenvalue weighted by atomic mass is 10.0. The minimum absolute atomic E-state index is 0.0253. The summed E-state index contributed by atoms with van der Waals surface area (Å²) in [7, 11) is 0. The maximum atomic E-state index is 13.0. The van der Waals surface area contributed by atoms with Gasteiger partial charge in [-0.15, -0.1) is 22.7 Å². The maximum absolute atomic E-state index is 13.0. The molecule has 0 atom stereocenters. The number of aromatic nitrogens is 1. The summed E-state index contributed by atoms with van der Waals surface area (Å²) in [5, 5.41) is 5.20. The fourth-order valence-corrected chi connectivity index (χ4v) is 6.74. The Morgan fingerprint density at radius 1 is 1.16 bits per heavy atom. The highest BCUT2D eigenvalue weighted by Crippen LogP contribution is 2.45. The van der Waals surface area contributed by atoms with Crippen LogP contribution in [0.1, 0.15) is 35.4 Å². The summed E-state index contributed by atoms with van der Waals surface area (Å²) >= 11 is 3.44. The Bertz CT molecular complexity index is 1250. The molecule has 0 bridgehead atoms. The van der Waals surface area contributed by atoms with Crippen molar-refractivity contribution in [2.24, 2.45) is 0 Å². The topological polar surface area (TPSA) is 45.2 Å². The summed E-state index contributed by atoms with van der Waals surface area (Å²) < 4.78 is 1.18. The highest BCUT2D eigenvalue weighted by atomic mass is 32.1. The molecule has 0 fully saturated rings. The summed E-state index contributed by atoms with van der Waals surface area (Å²) in [4.78, 5) is 21.8. The van der Waals surface area contributed by atoms with E-state index in [4.69, 9.17) is 4.98 Å². The van der Waals surface area contributed by atoms with Crippen LogP contribution in [0.3, 0.4) is 0 Å². The summed E-state index contributed by atoms with van der Waals surface area (Å²) in [5.41, 5.74) is 5.72. The second kappa shape index (κ2) is 8.77.